The SMILES string of the molecule is CC1(C)Oc2ccc(Cl)cc2[C@@H](n2ccc(C(O)CCO)cc2=O)[C@@H]1OS(C)(=O)=O. The number of pyridine rings is 1. The molecule has 0 amide bonds. The third-order valence-electron chi connectivity index (χ3n) is 4.97. The van der Waals surface area contributed by atoms with Gasteiger partial charge in [0.2, 0.25) is 0 Å². The Labute approximate surface area is 179 Å². The molecule has 2 N–H and O–H groups in total. The molecule has 2 heterocycles. The van der Waals surface area contributed by atoms with Gasteiger partial charge in [0.1, 0.15) is 17.5 Å². The van der Waals surface area contributed by atoms with E-state index in [9.17, 15) is 18.3 Å². The number of nitrogens with zero attached hydrogens (tertiary/aromatic N) is 1. The fourth-order valence-corrected chi connectivity index (χ4v) is 4.51. The van der Waals surface area contributed by atoms with E-state index in [1.165, 1.54) is 16.8 Å². The molecule has 0 spiro atoms. The Balaban J connectivity index is 2.19. The van der Waals surface area contributed by atoms with Crippen molar-refractivity contribution >= 4 is 21.7 Å². The zero-order valence-corrected chi connectivity index (χ0v) is 18.4. The van der Waals surface area contributed by atoms with E-state index in [1.807, 2.05) is 0 Å². The van der Waals surface area contributed by atoms with Crippen molar-refractivity contribution in [3.63, 3.8) is 0 Å². The van der Waals surface area contributed by atoms with Crippen LogP contribution in [0.15, 0.2) is 41.3 Å². The average molecular weight is 458 g/mol. The van der Waals surface area contributed by atoms with Crippen LogP contribution in [0.1, 0.15) is 43.5 Å². The van der Waals surface area contributed by atoms with Gasteiger partial charge < -0.3 is 19.5 Å². The van der Waals surface area contributed by atoms with Crippen molar-refractivity contribution in [3.05, 3.63) is 63.0 Å². The van der Waals surface area contributed by atoms with Crippen molar-refractivity contribution in [2.45, 2.75) is 44.1 Å². The van der Waals surface area contributed by atoms with Crippen molar-refractivity contribution in [1.29, 1.82) is 0 Å². The minimum Gasteiger partial charge on any atom is -0.485 e. The van der Waals surface area contributed by atoms with E-state index in [1.54, 1.807) is 38.1 Å². The molecule has 0 saturated carbocycles. The molecule has 0 radical (unpaired) electrons. The molecule has 10 heteroatoms. The second-order valence-electron chi connectivity index (χ2n) is 7.79. The summed E-state index contributed by atoms with van der Waals surface area (Å²) in [7, 11) is -3.89. The maximum Gasteiger partial charge on any atom is 0.264 e. The molecule has 0 aliphatic carbocycles. The number of fused-ring (bicyclic) bond motifs is 1. The lowest BCUT2D eigenvalue weighted by molar-refractivity contribution is -0.0463. The highest BCUT2D eigenvalue weighted by atomic mass is 35.5. The van der Waals surface area contributed by atoms with Crippen molar-refractivity contribution < 1.29 is 27.6 Å². The molecule has 0 bridgehead atoms. The summed E-state index contributed by atoms with van der Waals surface area (Å²) in [6.07, 6.45) is 0.433. The van der Waals surface area contributed by atoms with E-state index in [0.717, 1.165) is 6.26 Å². The van der Waals surface area contributed by atoms with Crippen LogP contribution >= 0.6 is 11.6 Å². The van der Waals surface area contributed by atoms with Crippen molar-refractivity contribution in [1.82, 2.24) is 4.57 Å². The highest BCUT2D eigenvalue weighted by Gasteiger charge is 2.48. The summed E-state index contributed by atoms with van der Waals surface area (Å²) < 4.78 is 36.7. The quantitative estimate of drug-likeness (QED) is 0.637. The summed E-state index contributed by atoms with van der Waals surface area (Å²) in [5, 5.41) is 19.5. The first kappa shape index (κ1) is 22.8. The lowest BCUT2D eigenvalue weighted by Crippen LogP contribution is -2.54. The molecular formula is C20H24ClNO7S. The van der Waals surface area contributed by atoms with Crippen LogP contribution in [0.3, 0.4) is 0 Å². The number of ether oxygens (including phenoxy) is 1. The normalized spacial score (nSPS) is 21.5. The zero-order valence-electron chi connectivity index (χ0n) is 16.8. The number of aliphatic hydroxyl groups is 2. The van der Waals surface area contributed by atoms with E-state index in [0.29, 0.717) is 21.9 Å². The highest BCUT2D eigenvalue weighted by Crippen LogP contribution is 2.44. The maximum absolute atomic E-state index is 13.0. The molecule has 0 fully saturated rings. The summed E-state index contributed by atoms with van der Waals surface area (Å²) in [5.41, 5.74) is -0.715. The van der Waals surface area contributed by atoms with Crippen LogP contribution in [-0.2, 0) is 14.3 Å². The van der Waals surface area contributed by atoms with Crippen molar-refractivity contribution in [3.8, 4) is 5.75 Å². The predicted octanol–water partition coefficient (Wildman–Crippen LogP) is 2.02. The molecule has 3 atom stereocenters. The molecule has 1 aromatic carbocycles. The van der Waals surface area contributed by atoms with E-state index < -0.39 is 39.5 Å². The Kier molecular flexibility index (Phi) is 6.31. The maximum atomic E-state index is 13.0. The molecular weight excluding hydrogens is 434 g/mol. The molecule has 1 unspecified atom stereocenters. The van der Waals surface area contributed by atoms with Crippen LogP contribution in [0.4, 0.5) is 0 Å². The van der Waals surface area contributed by atoms with E-state index in [2.05, 4.69) is 0 Å². The van der Waals surface area contributed by atoms with Crippen molar-refractivity contribution in [2.75, 3.05) is 12.9 Å². The molecule has 1 aromatic heterocycles. The van der Waals surface area contributed by atoms with Crippen LogP contribution < -0.4 is 10.3 Å². The lowest BCUT2D eigenvalue weighted by Gasteiger charge is -2.44. The van der Waals surface area contributed by atoms with Crippen LogP contribution in [0.2, 0.25) is 5.02 Å². The van der Waals surface area contributed by atoms with E-state index >= 15 is 0 Å². The Bertz CT molecular complexity index is 1100. The summed E-state index contributed by atoms with van der Waals surface area (Å²) >= 11 is 6.16. The first-order valence-corrected chi connectivity index (χ1v) is 11.5. The summed E-state index contributed by atoms with van der Waals surface area (Å²) in [6.45, 7) is 3.13. The van der Waals surface area contributed by atoms with Gasteiger partial charge in [-0.1, -0.05) is 11.6 Å². The molecule has 8 nitrogen and oxygen atoms in total. The number of hydrogen-bond donors (Lipinski definition) is 2. The number of aliphatic hydroxyl groups excluding tert-OH is 2. The number of halogens is 1. The Hall–Kier alpha value is -1.91. The molecule has 2 aromatic rings. The predicted molar refractivity (Wildman–Crippen MR) is 111 cm³/mol. The Morgan fingerprint density at radius 2 is 2.00 bits per heavy atom. The molecule has 164 valence electrons. The van der Waals surface area contributed by atoms with E-state index in [4.69, 9.17) is 25.6 Å². The smallest absolute Gasteiger partial charge is 0.264 e. The zero-order chi connectivity index (χ0) is 22.3. The van der Waals surface area contributed by atoms with Gasteiger partial charge in [-0.2, -0.15) is 8.42 Å². The minimum atomic E-state index is -3.89. The molecule has 3 rings (SSSR count). The van der Waals surface area contributed by atoms with Crippen molar-refractivity contribution in [2.24, 2.45) is 0 Å². The molecule has 0 saturated heterocycles. The highest BCUT2D eigenvalue weighted by molar-refractivity contribution is 7.86. The molecule has 1 aliphatic rings. The fourth-order valence-electron chi connectivity index (χ4n) is 3.61. The second kappa shape index (κ2) is 8.32. The monoisotopic (exact) mass is 457 g/mol. The van der Waals surface area contributed by atoms with Gasteiger partial charge >= 0.3 is 0 Å². The van der Waals surface area contributed by atoms with Gasteiger partial charge in [-0.3, -0.25) is 8.98 Å². The topological polar surface area (TPSA) is 115 Å². The van der Waals surface area contributed by atoms with Gasteiger partial charge in [0.05, 0.1) is 18.4 Å². The van der Waals surface area contributed by atoms with Gasteiger partial charge in [0, 0.05) is 35.9 Å². The number of benzene rings is 1. The van der Waals surface area contributed by atoms with Gasteiger partial charge in [-0.25, -0.2) is 0 Å². The average Bonchev–Trinajstić information content (AvgIpc) is 2.62. The van der Waals surface area contributed by atoms with Gasteiger partial charge in [-0.15, -0.1) is 0 Å². The first-order valence-electron chi connectivity index (χ1n) is 9.30. The number of rotatable bonds is 6. The second-order valence-corrected chi connectivity index (χ2v) is 9.82. The van der Waals surface area contributed by atoms with Crippen LogP contribution in [0, 0.1) is 0 Å². The van der Waals surface area contributed by atoms with Gasteiger partial charge in [-0.05, 0) is 43.7 Å². The third kappa shape index (κ3) is 4.70. The van der Waals surface area contributed by atoms with Crippen LogP contribution in [0.25, 0.3) is 0 Å². The van der Waals surface area contributed by atoms with E-state index in [-0.39, 0.29) is 13.0 Å². The molecule has 1 aliphatic heterocycles. The number of hydrogen-bond acceptors (Lipinski definition) is 7. The van der Waals surface area contributed by atoms with Crippen LogP contribution in [0.5, 0.6) is 5.75 Å². The third-order valence-corrected chi connectivity index (χ3v) is 5.77. The minimum absolute atomic E-state index is 0.0893. The first-order chi connectivity index (χ1) is 13.9. The van der Waals surface area contributed by atoms with Gasteiger partial charge in [0.25, 0.3) is 15.7 Å². The Morgan fingerprint density at radius 1 is 1.30 bits per heavy atom. The molecule has 30 heavy (non-hydrogen) atoms. The lowest BCUT2D eigenvalue weighted by atomic mass is 9.86. The number of aromatic nitrogens is 1. The summed E-state index contributed by atoms with van der Waals surface area (Å²) in [5.74, 6) is 0.457. The largest absolute Gasteiger partial charge is 0.485 e. The summed E-state index contributed by atoms with van der Waals surface area (Å²) in [4.78, 5) is 13.0. The standard InChI is InChI=1S/C20H24ClNO7S/c1-20(2)19(29-30(3,26)27)18(14-11-13(21)4-5-16(14)28-20)22-8-6-12(10-17(22)25)15(24)7-9-23/h4-6,8,10-11,15,18-19,23-24H,7,9H2,1-3H3/t15?,18-,19+/m1/s1. The summed E-state index contributed by atoms with van der Waals surface area (Å²) in [6, 6.07) is 6.86. The van der Waals surface area contributed by atoms with Crippen LogP contribution in [-0.4, -0.2) is 47.8 Å². The fraction of sp³-hybridized carbons (Fsp3) is 0.450. The Morgan fingerprint density at radius 3 is 2.60 bits per heavy atom. The van der Waals surface area contributed by atoms with Gasteiger partial charge in [0.15, 0.2) is 0 Å².